The molecule has 4 saturated carbocycles. The van der Waals surface area contributed by atoms with Gasteiger partial charge < -0.3 is 20.1 Å². The molecule has 0 saturated heterocycles. The molecule has 0 heterocycles. The molecule has 0 aliphatic heterocycles. The van der Waals surface area contributed by atoms with Gasteiger partial charge in [0.1, 0.15) is 6.10 Å². The molecule has 0 radical (unpaired) electrons. The van der Waals surface area contributed by atoms with Gasteiger partial charge in [-0.3, -0.25) is 4.79 Å². The van der Waals surface area contributed by atoms with E-state index in [1.54, 1.807) is 0 Å². The van der Waals surface area contributed by atoms with Crippen molar-refractivity contribution in [2.45, 2.75) is 77.6 Å². The molecule has 4 aliphatic carbocycles. The highest BCUT2D eigenvalue weighted by Gasteiger charge is 2.74. The second-order valence-electron chi connectivity index (χ2n) is 10.2. The predicted octanol–water partition coefficient (Wildman–Crippen LogP) is 2.43. The van der Waals surface area contributed by atoms with Crippen molar-refractivity contribution < 1.29 is 24.9 Å². The number of esters is 1. The molecular formula is C22H34O5. The van der Waals surface area contributed by atoms with E-state index in [9.17, 15) is 20.1 Å². The number of carbonyl (C=O) groups excluding carboxylic acids is 1. The zero-order valence-electron chi connectivity index (χ0n) is 16.8. The summed E-state index contributed by atoms with van der Waals surface area (Å²) < 4.78 is 5.73. The Morgan fingerprint density at radius 1 is 1.22 bits per heavy atom. The number of hydrogen-bond acceptors (Lipinski definition) is 5. The van der Waals surface area contributed by atoms with Crippen LogP contribution in [0.4, 0.5) is 0 Å². The van der Waals surface area contributed by atoms with Crippen LogP contribution in [0.3, 0.4) is 0 Å². The van der Waals surface area contributed by atoms with Gasteiger partial charge in [-0.2, -0.15) is 0 Å². The number of carbonyl (C=O) groups is 1. The summed E-state index contributed by atoms with van der Waals surface area (Å²) in [6, 6.07) is 0. The van der Waals surface area contributed by atoms with Crippen molar-refractivity contribution in [2.75, 3.05) is 6.61 Å². The van der Waals surface area contributed by atoms with Crippen molar-refractivity contribution in [3.05, 3.63) is 12.2 Å². The standard InChI is InChI=1S/C22H34O5/c1-12-14-6-7-15-21(4)9-5-8-20(3,11-23)16(21)10-17(25)22(15,18(14)26)19(12)27-13(2)24/h14-19,23,25-26H,1,5-11H2,2-4H3/t14-,15-,16+,17+,18+,19+,20+,21-,22-/m0/s1. The lowest BCUT2D eigenvalue weighted by Crippen LogP contribution is -2.68. The molecule has 4 fully saturated rings. The normalized spacial score (nSPS) is 54.2. The monoisotopic (exact) mass is 378 g/mol. The first-order valence-corrected chi connectivity index (χ1v) is 10.5. The van der Waals surface area contributed by atoms with Crippen molar-refractivity contribution in [3.8, 4) is 0 Å². The Kier molecular flexibility index (Phi) is 4.34. The third kappa shape index (κ3) is 2.25. The number of aliphatic hydroxyl groups is 3. The van der Waals surface area contributed by atoms with Crippen LogP contribution in [0.25, 0.3) is 0 Å². The van der Waals surface area contributed by atoms with E-state index >= 15 is 0 Å². The number of hydrogen-bond donors (Lipinski definition) is 3. The van der Waals surface area contributed by atoms with Gasteiger partial charge in [-0.15, -0.1) is 0 Å². The highest BCUT2D eigenvalue weighted by Crippen LogP contribution is 2.72. The van der Waals surface area contributed by atoms with E-state index in [4.69, 9.17) is 4.74 Å². The van der Waals surface area contributed by atoms with Crippen molar-refractivity contribution >= 4 is 5.97 Å². The van der Waals surface area contributed by atoms with Gasteiger partial charge in [0.05, 0.1) is 17.6 Å². The van der Waals surface area contributed by atoms with Gasteiger partial charge in [0.2, 0.25) is 0 Å². The first-order chi connectivity index (χ1) is 12.6. The molecule has 5 heteroatoms. The summed E-state index contributed by atoms with van der Waals surface area (Å²) in [6.07, 6.45) is 3.11. The topological polar surface area (TPSA) is 87.0 Å². The van der Waals surface area contributed by atoms with Crippen molar-refractivity contribution in [1.29, 1.82) is 0 Å². The van der Waals surface area contributed by atoms with Gasteiger partial charge in [-0.25, -0.2) is 0 Å². The molecule has 0 aromatic rings. The average molecular weight is 379 g/mol. The van der Waals surface area contributed by atoms with Crippen LogP contribution in [-0.4, -0.2) is 46.2 Å². The van der Waals surface area contributed by atoms with E-state index in [1.807, 2.05) is 0 Å². The minimum atomic E-state index is -0.870. The van der Waals surface area contributed by atoms with Gasteiger partial charge in [0.25, 0.3) is 0 Å². The van der Waals surface area contributed by atoms with E-state index in [0.29, 0.717) is 6.42 Å². The maximum atomic E-state index is 11.9. The minimum Gasteiger partial charge on any atom is -0.457 e. The fraction of sp³-hybridized carbons (Fsp3) is 0.864. The summed E-state index contributed by atoms with van der Waals surface area (Å²) in [6.45, 7) is 10.1. The lowest BCUT2D eigenvalue weighted by molar-refractivity contribution is -0.259. The summed E-state index contributed by atoms with van der Waals surface area (Å²) in [5.41, 5.74) is -0.430. The zero-order valence-corrected chi connectivity index (χ0v) is 16.8. The van der Waals surface area contributed by atoms with Crippen molar-refractivity contribution in [2.24, 2.45) is 34.0 Å². The molecule has 152 valence electrons. The second kappa shape index (κ2) is 6.04. The Morgan fingerprint density at radius 3 is 2.56 bits per heavy atom. The SMILES string of the molecule is C=C1[C@@H](OC(C)=O)[C@]23[C@H](O)C[C@@H]4[C@@](C)(CO)CCC[C@@]4(C)[C@@H]2CC[C@@H]1[C@H]3O. The van der Waals surface area contributed by atoms with Crippen LogP contribution in [0.5, 0.6) is 0 Å². The minimum absolute atomic E-state index is 0.0415. The molecule has 0 aromatic heterocycles. The number of rotatable bonds is 2. The van der Waals surface area contributed by atoms with E-state index in [1.165, 1.54) is 6.92 Å². The summed E-state index contributed by atoms with van der Waals surface area (Å²) >= 11 is 0. The molecule has 9 atom stereocenters. The Balaban J connectivity index is 1.85. The van der Waals surface area contributed by atoms with Crippen LogP contribution >= 0.6 is 0 Å². The lowest BCUT2D eigenvalue weighted by atomic mass is 9.39. The molecular weight excluding hydrogens is 344 g/mol. The van der Waals surface area contributed by atoms with Gasteiger partial charge in [-0.1, -0.05) is 26.8 Å². The van der Waals surface area contributed by atoms with Crippen LogP contribution in [-0.2, 0) is 9.53 Å². The van der Waals surface area contributed by atoms with E-state index in [0.717, 1.165) is 37.7 Å². The summed E-state index contributed by atoms with van der Waals surface area (Å²) in [7, 11) is 0. The maximum Gasteiger partial charge on any atom is 0.303 e. The highest BCUT2D eigenvalue weighted by atomic mass is 16.5. The highest BCUT2D eigenvalue weighted by molar-refractivity contribution is 5.67. The molecule has 0 amide bonds. The summed E-state index contributed by atoms with van der Waals surface area (Å²) in [5.74, 6) is -0.282. The summed E-state index contributed by atoms with van der Waals surface area (Å²) in [4.78, 5) is 11.9. The Labute approximate surface area is 161 Å². The fourth-order valence-corrected chi connectivity index (χ4v) is 8.00. The second-order valence-corrected chi connectivity index (χ2v) is 10.2. The van der Waals surface area contributed by atoms with Crippen LogP contribution in [0, 0.1) is 34.0 Å². The predicted molar refractivity (Wildman–Crippen MR) is 101 cm³/mol. The largest absolute Gasteiger partial charge is 0.457 e. The van der Waals surface area contributed by atoms with E-state index in [-0.39, 0.29) is 35.2 Å². The van der Waals surface area contributed by atoms with E-state index < -0.39 is 29.7 Å². The summed E-state index contributed by atoms with van der Waals surface area (Å²) in [5, 5.41) is 33.0. The smallest absolute Gasteiger partial charge is 0.303 e. The first-order valence-electron chi connectivity index (χ1n) is 10.5. The molecule has 27 heavy (non-hydrogen) atoms. The van der Waals surface area contributed by atoms with Gasteiger partial charge in [0.15, 0.2) is 0 Å². The van der Waals surface area contributed by atoms with Crippen LogP contribution < -0.4 is 0 Å². The molecule has 5 nitrogen and oxygen atoms in total. The number of fused-ring (bicyclic) bond motifs is 3. The Bertz CT molecular complexity index is 661. The molecule has 4 rings (SSSR count). The molecule has 2 bridgehead atoms. The maximum absolute atomic E-state index is 11.9. The quantitative estimate of drug-likeness (QED) is 0.507. The Hall–Kier alpha value is -0.910. The van der Waals surface area contributed by atoms with Crippen molar-refractivity contribution in [1.82, 2.24) is 0 Å². The van der Waals surface area contributed by atoms with Gasteiger partial charge in [-0.05, 0) is 60.3 Å². The fourth-order valence-electron chi connectivity index (χ4n) is 8.00. The molecule has 0 aromatic carbocycles. The molecule has 1 spiro atoms. The third-order valence-electron chi connectivity index (χ3n) is 9.11. The lowest BCUT2D eigenvalue weighted by Gasteiger charge is -2.66. The van der Waals surface area contributed by atoms with Crippen LogP contribution in [0.15, 0.2) is 12.2 Å². The number of ether oxygens (including phenoxy) is 1. The van der Waals surface area contributed by atoms with Crippen molar-refractivity contribution in [3.63, 3.8) is 0 Å². The zero-order chi connectivity index (χ0) is 19.8. The third-order valence-corrected chi connectivity index (χ3v) is 9.11. The van der Waals surface area contributed by atoms with Gasteiger partial charge in [0, 0.05) is 19.4 Å². The average Bonchev–Trinajstić information content (AvgIpc) is 2.72. The number of aliphatic hydroxyl groups excluding tert-OH is 3. The van der Waals surface area contributed by atoms with Gasteiger partial charge >= 0.3 is 5.97 Å². The van der Waals surface area contributed by atoms with E-state index in [2.05, 4.69) is 20.4 Å². The molecule has 3 N–H and O–H groups in total. The molecule has 0 unspecified atom stereocenters. The van der Waals surface area contributed by atoms with Crippen LogP contribution in [0.1, 0.15) is 59.3 Å². The Morgan fingerprint density at radius 2 is 1.93 bits per heavy atom. The van der Waals surface area contributed by atoms with Crippen LogP contribution in [0.2, 0.25) is 0 Å². The molecule has 4 aliphatic rings. The first kappa shape index (κ1) is 19.4.